The van der Waals surface area contributed by atoms with Crippen molar-refractivity contribution in [1.82, 2.24) is 0 Å². The monoisotopic (exact) mass is 359 g/mol. The zero-order chi connectivity index (χ0) is 17.9. The van der Waals surface area contributed by atoms with E-state index in [-0.39, 0.29) is 5.97 Å². The lowest BCUT2D eigenvalue weighted by molar-refractivity contribution is 0.0734. The van der Waals surface area contributed by atoms with E-state index < -0.39 is 0 Å². The highest BCUT2D eigenvalue weighted by Crippen LogP contribution is 2.40. The van der Waals surface area contributed by atoms with Crippen LogP contribution in [0.1, 0.15) is 39.2 Å². The molecule has 4 heteroatoms. The highest BCUT2D eigenvalue weighted by Gasteiger charge is 2.27. The largest absolute Gasteiger partial charge is 0.423 e. The third-order valence-electron chi connectivity index (χ3n) is 4.61. The van der Waals surface area contributed by atoms with Crippen LogP contribution >= 0.6 is 11.3 Å². The molecule has 0 radical (unpaired) electrons. The smallest absolute Gasteiger partial charge is 0.345 e. The first kappa shape index (κ1) is 16.6. The van der Waals surface area contributed by atoms with Gasteiger partial charge in [0.15, 0.2) is 0 Å². The molecule has 1 aliphatic rings. The first-order valence-electron chi connectivity index (χ1n) is 8.68. The molecule has 128 valence electrons. The predicted molar refractivity (Wildman–Crippen MR) is 103 cm³/mol. The lowest BCUT2D eigenvalue weighted by atomic mass is 9.94. The fourth-order valence-electron chi connectivity index (χ4n) is 3.33. The molecule has 0 fully saturated rings. The van der Waals surface area contributed by atoms with Crippen LogP contribution in [0.15, 0.2) is 54.6 Å². The predicted octanol–water partition coefficient (Wildman–Crippen LogP) is 5.38. The number of nitrogens with zero attached hydrogens (tertiary/aromatic N) is 1. The van der Waals surface area contributed by atoms with Crippen LogP contribution in [-0.2, 0) is 12.8 Å². The number of nitriles is 1. The Balaban J connectivity index is 1.73. The van der Waals surface area contributed by atoms with E-state index >= 15 is 0 Å². The minimum Gasteiger partial charge on any atom is -0.423 e. The van der Waals surface area contributed by atoms with E-state index in [0.29, 0.717) is 16.9 Å². The van der Waals surface area contributed by atoms with Gasteiger partial charge < -0.3 is 4.74 Å². The molecule has 0 atom stereocenters. The SMILES string of the molecule is N#Cc1ccc(OC(=O)c2c(-c3ccccc3)sc3c2CCCC3)cc1. The van der Waals surface area contributed by atoms with E-state index in [1.165, 1.54) is 11.3 Å². The Kier molecular flexibility index (Phi) is 4.55. The molecule has 0 spiro atoms. The number of benzene rings is 2. The molecule has 1 aliphatic carbocycles. The fraction of sp³-hybridized carbons (Fsp3) is 0.182. The lowest BCUT2D eigenvalue weighted by Gasteiger charge is -2.13. The van der Waals surface area contributed by atoms with E-state index in [0.717, 1.165) is 35.3 Å². The van der Waals surface area contributed by atoms with Crippen molar-refractivity contribution in [3.8, 4) is 22.3 Å². The average Bonchev–Trinajstić information content (AvgIpc) is 3.09. The summed E-state index contributed by atoms with van der Waals surface area (Å²) >= 11 is 1.72. The van der Waals surface area contributed by atoms with Crippen LogP contribution in [0, 0.1) is 11.3 Å². The quantitative estimate of drug-likeness (QED) is 0.466. The van der Waals surface area contributed by atoms with Crippen LogP contribution in [0.4, 0.5) is 0 Å². The molecule has 0 unspecified atom stereocenters. The summed E-state index contributed by atoms with van der Waals surface area (Å²) in [5.41, 5.74) is 3.46. The van der Waals surface area contributed by atoms with Gasteiger partial charge in [-0.3, -0.25) is 0 Å². The Morgan fingerprint density at radius 3 is 2.46 bits per heavy atom. The first-order chi connectivity index (χ1) is 12.8. The Hall–Kier alpha value is -2.90. The number of hydrogen-bond acceptors (Lipinski definition) is 4. The number of carbonyl (C=O) groups excluding carboxylic acids is 1. The number of carbonyl (C=O) groups is 1. The lowest BCUT2D eigenvalue weighted by Crippen LogP contribution is -2.13. The number of esters is 1. The third kappa shape index (κ3) is 3.14. The summed E-state index contributed by atoms with van der Waals surface area (Å²) in [6.07, 6.45) is 4.24. The molecule has 2 aromatic carbocycles. The van der Waals surface area contributed by atoms with Gasteiger partial charge in [-0.1, -0.05) is 30.3 Å². The molecule has 0 N–H and O–H groups in total. The van der Waals surface area contributed by atoms with Crippen molar-refractivity contribution in [2.45, 2.75) is 25.7 Å². The van der Waals surface area contributed by atoms with Crippen LogP contribution < -0.4 is 4.74 Å². The van der Waals surface area contributed by atoms with Crippen molar-refractivity contribution in [3.05, 3.63) is 76.2 Å². The van der Waals surface area contributed by atoms with Crippen molar-refractivity contribution < 1.29 is 9.53 Å². The maximum atomic E-state index is 13.0. The summed E-state index contributed by atoms with van der Waals surface area (Å²) < 4.78 is 5.64. The van der Waals surface area contributed by atoms with Crippen molar-refractivity contribution in [3.63, 3.8) is 0 Å². The van der Waals surface area contributed by atoms with Crippen LogP contribution in [0.25, 0.3) is 10.4 Å². The second-order valence-corrected chi connectivity index (χ2v) is 7.41. The fourth-order valence-corrected chi connectivity index (χ4v) is 4.71. The van der Waals surface area contributed by atoms with Crippen molar-refractivity contribution in [1.29, 1.82) is 5.26 Å². The van der Waals surface area contributed by atoms with Crippen molar-refractivity contribution in [2.24, 2.45) is 0 Å². The molecule has 1 heterocycles. The highest BCUT2D eigenvalue weighted by molar-refractivity contribution is 7.16. The van der Waals surface area contributed by atoms with Gasteiger partial charge in [-0.25, -0.2) is 4.79 Å². The molecular weight excluding hydrogens is 342 g/mol. The second-order valence-electron chi connectivity index (χ2n) is 6.31. The molecule has 3 aromatic rings. The number of fused-ring (bicyclic) bond motifs is 1. The maximum absolute atomic E-state index is 13.0. The van der Waals surface area contributed by atoms with E-state index in [9.17, 15) is 4.79 Å². The zero-order valence-corrected chi connectivity index (χ0v) is 15.0. The minimum atomic E-state index is -0.312. The molecule has 0 aliphatic heterocycles. The summed E-state index contributed by atoms with van der Waals surface area (Å²) in [6, 6.07) is 18.7. The molecule has 0 saturated carbocycles. The van der Waals surface area contributed by atoms with E-state index in [4.69, 9.17) is 10.00 Å². The molecule has 0 saturated heterocycles. The van der Waals surface area contributed by atoms with E-state index in [1.54, 1.807) is 35.6 Å². The van der Waals surface area contributed by atoms with Gasteiger partial charge in [0.05, 0.1) is 17.2 Å². The van der Waals surface area contributed by atoms with Crippen LogP contribution in [-0.4, -0.2) is 5.97 Å². The van der Waals surface area contributed by atoms with Crippen LogP contribution in [0.3, 0.4) is 0 Å². The van der Waals surface area contributed by atoms with Gasteiger partial charge in [-0.2, -0.15) is 5.26 Å². The van der Waals surface area contributed by atoms with Crippen molar-refractivity contribution >= 4 is 17.3 Å². The number of ether oxygens (including phenoxy) is 1. The molecule has 4 rings (SSSR count). The van der Waals surface area contributed by atoms with Gasteiger partial charge in [-0.15, -0.1) is 11.3 Å². The average molecular weight is 359 g/mol. The number of rotatable bonds is 3. The van der Waals surface area contributed by atoms with Crippen LogP contribution in [0.2, 0.25) is 0 Å². The Morgan fingerprint density at radius 2 is 1.73 bits per heavy atom. The van der Waals surface area contributed by atoms with Gasteiger partial charge >= 0.3 is 5.97 Å². The Morgan fingerprint density at radius 1 is 1.00 bits per heavy atom. The highest BCUT2D eigenvalue weighted by atomic mass is 32.1. The van der Waals surface area contributed by atoms with Gasteiger partial charge in [0.1, 0.15) is 5.75 Å². The second kappa shape index (κ2) is 7.15. The molecular formula is C22H17NO2S. The van der Waals surface area contributed by atoms with E-state index in [1.807, 2.05) is 30.3 Å². The maximum Gasteiger partial charge on any atom is 0.345 e. The summed E-state index contributed by atoms with van der Waals surface area (Å²) in [7, 11) is 0. The van der Waals surface area contributed by atoms with Crippen molar-refractivity contribution in [2.75, 3.05) is 0 Å². The molecule has 3 nitrogen and oxygen atoms in total. The van der Waals surface area contributed by atoms with Gasteiger partial charge in [0, 0.05) is 9.75 Å². The number of aryl methyl sites for hydroxylation is 1. The van der Waals surface area contributed by atoms with E-state index in [2.05, 4.69) is 6.07 Å². The topological polar surface area (TPSA) is 50.1 Å². The molecule has 0 amide bonds. The summed E-state index contributed by atoms with van der Waals surface area (Å²) in [6.45, 7) is 0. The summed E-state index contributed by atoms with van der Waals surface area (Å²) in [4.78, 5) is 15.3. The third-order valence-corrected chi connectivity index (χ3v) is 5.95. The van der Waals surface area contributed by atoms with Gasteiger partial charge in [0.2, 0.25) is 0 Å². The van der Waals surface area contributed by atoms with Gasteiger partial charge in [-0.05, 0) is 61.1 Å². The number of thiophene rings is 1. The number of hydrogen-bond donors (Lipinski definition) is 0. The molecule has 26 heavy (non-hydrogen) atoms. The first-order valence-corrected chi connectivity index (χ1v) is 9.50. The van der Waals surface area contributed by atoms with Gasteiger partial charge in [0.25, 0.3) is 0 Å². The van der Waals surface area contributed by atoms with Crippen LogP contribution in [0.5, 0.6) is 5.75 Å². The Bertz CT molecular complexity index is 981. The summed E-state index contributed by atoms with van der Waals surface area (Å²) in [5.74, 6) is 0.150. The normalized spacial score (nSPS) is 12.9. The minimum absolute atomic E-state index is 0.312. The standard InChI is InChI=1S/C22H17NO2S/c23-14-15-10-12-17(13-11-15)25-22(24)20-18-8-4-5-9-19(18)26-21(20)16-6-2-1-3-7-16/h1-3,6-7,10-13H,4-5,8-9H2. The molecule has 0 bridgehead atoms. The molecule has 1 aromatic heterocycles. The Labute approximate surface area is 156 Å². The zero-order valence-electron chi connectivity index (χ0n) is 14.2. The summed E-state index contributed by atoms with van der Waals surface area (Å²) in [5, 5.41) is 8.90.